The van der Waals surface area contributed by atoms with Crippen molar-refractivity contribution < 1.29 is 18.7 Å². The number of fused-ring (bicyclic) bond motifs is 1. The lowest BCUT2D eigenvalue weighted by atomic mass is 10.1. The Labute approximate surface area is 205 Å². The van der Waals surface area contributed by atoms with E-state index in [4.69, 9.17) is 14.5 Å². The summed E-state index contributed by atoms with van der Waals surface area (Å²) >= 11 is 1.30. The Balaban J connectivity index is 1.79. The largest absolute Gasteiger partial charge is 0.497 e. The standard InChI is InChI=1S/C26H24FN3O4S/c1-33-12-11-28-24(31)18-9-10-22-23(14-18)29-26(35-16-17-5-3-6-19(27)13-17)30(25(22)32)20-7-4-8-21(15-20)34-2/h3-10,13-15H,11-12,16H2,1-2H3,(H,28,31). The predicted octanol–water partition coefficient (Wildman–Crippen LogP) is 4.20. The number of methoxy groups -OCH3 is 2. The Morgan fingerprint density at radius 3 is 2.69 bits per heavy atom. The number of carbonyl (C=O) groups is 1. The van der Waals surface area contributed by atoms with Gasteiger partial charge in [0.15, 0.2) is 5.16 Å². The lowest BCUT2D eigenvalue weighted by molar-refractivity contribution is 0.0937. The summed E-state index contributed by atoms with van der Waals surface area (Å²) in [4.78, 5) is 30.8. The molecule has 4 rings (SSSR count). The number of ether oxygens (including phenoxy) is 2. The Hall–Kier alpha value is -3.69. The number of nitrogens with zero attached hydrogens (tertiary/aromatic N) is 2. The Kier molecular flexibility index (Phi) is 7.79. The summed E-state index contributed by atoms with van der Waals surface area (Å²) in [5.74, 6) is 0.385. The number of nitrogens with one attached hydrogen (secondary N) is 1. The Morgan fingerprint density at radius 1 is 1.09 bits per heavy atom. The van der Waals surface area contributed by atoms with Crippen LogP contribution in [0, 0.1) is 5.82 Å². The molecule has 0 radical (unpaired) electrons. The van der Waals surface area contributed by atoms with Crippen molar-refractivity contribution >= 4 is 28.6 Å². The van der Waals surface area contributed by atoms with Gasteiger partial charge in [-0.15, -0.1) is 0 Å². The van der Waals surface area contributed by atoms with Gasteiger partial charge in [-0.05, 0) is 48.0 Å². The van der Waals surface area contributed by atoms with Gasteiger partial charge in [0.1, 0.15) is 11.6 Å². The van der Waals surface area contributed by atoms with E-state index in [1.165, 1.54) is 28.5 Å². The summed E-state index contributed by atoms with van der Waals surface area (Å²) < 4.78 is 25.5. The van der Waals surface area contributed by atoms with Gasteiger partial charge in [0, 0.05) is 31.0 Å². The summed E-state index contributed by atoms with van der Waals surface area (Å²) in [5, 5.41) is 3.55. The van der Waals surface area contributed by atoms with Gasteiger partial charge in [0.05, 0.1) is 30.3 Å². The molecule has 0 saturated carbocycles. The zero-order chi connectivity index (χ0) is 24.8. The molecule has 0 saturated heterocycles. The van der Waals surface area contributed by atoms with Crippen molar-refractivity contribution in [2.45, 2.75) is 10.9 Å². The molecule has 0 atom stereocenters. The first-order valence-electron chi connectivity index (χ1n) is 10.9. The van der Waals surface area contributed by atoms with Gasteiger partial charge >= 0.3 is 0 Å². The van der Waals surface area contributed by atoms with Crippen LogP contribution in [0.1, 0.15) is 15.9 Å². The molecule has 0 aliphatic heterocycles. The summed E-state index contributed by atoms with van der Waals surface area (Å²) in [7, 11) is 3.11. The molecule has 35 heavy (non-hydrogen) atoms. The first kappa shape index (κ1) is 24.4. The van der Waals surface area contributed by atoms with Crippen molar-refractivity contribution in [3.05, 3.63) is 94.0 Å². The number of amides is 1. The number of thioether (sulfide) groups is 1. The minimum absolute atomic E-state index is 0.281. The van der Waals surface area contributed by atoms with Crippen LogP contribution in [0.25, 0.3) is 16.6 Å². The van der Waals surface area contributed by atoms with Crippen molar-refractivity contribution in [1.82, 2.24) is 14.9 Å². The molecule has 1 heterocycles. The average molecular weight is 494 g/mol. The van der Waals surface area contributed by atoms with Crippen molar-refractivity contribution in [1.29, 1.82) is 0 Å². The van der Waals surface area contributed by atoms with E-state index in [1.807, 2.05) is 6.07 Å². The van der Waals surface area contributed by atoms with Crippen LogP contribution in [0.5, 0.6) is 5.75 Å². The molecular weight excluding hydrogens is 469 g/mol. The van der Waals surface area contributed by atoms with Crippen molar-refractivity contribution in [3.8, 4) is 11.4 Å². The van der Waals surface area contributed by atoms with Gasteiger partial charge < -0.3 is 14.8 Å². The van der Waals surface area contributed by atoms with E-state index in [9.17, 15) is 14.0 Å². The van der Waals surface area contributed by atoms with Gasteiger partial charge in [-0.25, -0.2) is 9.37 Å². The third-order valence-corrected chi connectivity index (χ3v) is 6.27. The molecule has 0 fully saturated rings. The lowest BCUT2D eigenvalue weighted by Gasteiger charge is -2.14. The van der Waals surface area contributed by atoms with Gasteiger partial charge in [0.2, 0.25) is 0 Å². The molecule has 9 heteroatoms. The maximum atomic E-state index is 13.7. The summed E-state index contributed by atoms with van der Waals surface area (Å²) in [6, 6.07) is 18.2. The van der Waals surface area contributed by atoms with E-state index in [-0.39, 0.29) is 17.3 Å². The first-order valence-corrected chi connectivity index (χ1v) is 11.8. The van der Waals surface area contributed by atoms with Crippen molar-refractivity contribution in [2.75, 3.05) is 27.4 Å². The second-order valence-corrected chi connectivity index (χ2v) is 8.58. The molecule has 1 N–H and O–H groups in total. The highest BCUT2D eigenvalue weighted by Gasteiger charge is 2.16. The van der Waals surface area contributed by atoms with Crippen LogP contribution in [0.3, 0.4) is 0 Å². The van der Waals surface area contributed by atoms with E-state index < -0.39 is 0 Å². The number of rotatable bonds is 9. The second kappa shape index (κ2) is 11.2. The Bertz CT molecular complexity index is 1420. The number of halogens is 1. The van der Waals surface area contributed by atoms with Gasteiger partial charge in [-0.1, -0.05) is 30.0 Å². The van der Waals surface area contributed by atoms with Gasteiger partial charge in [-0.3, -0.25) is 14.2 Å². The fourth-order valence-electron chi connectivity index (χ4n) is 3.52. The molecule has 3 aromatic carbocycles. The molecule has 0 unspecified atom stereocenters. The van der Waals surface area contributed by atoms with Crippen LogP contribution in [0.4, 0.5) is 4.39 Å². The van der Waals surface area contributed by atoms with E-state index in [0.29, 0.717) is 52.0 Å². The molecule has 0 spiro atoms. The van der Waals surface area contributed by atoms with Crippen molar-refractivity contribution in [3.63, 3.8) is 0 Å². The molecule has 4 aromatic rings. The van der Waals surface area contributed by atoms with Crippen LogP contribution < -0.4 is 15.6 Å². The zero-order valence-corrected chi connectivity index (χ0v) is 20.1. The normalized spacial score (nSPS) is 10.9. The van der Waals surface area contributed by atoms with E-state index >= 15 is 0 Å². The van der Waals surface area contributed by atoms with Crippen LogP contribution in [0.2, 0.25) is 0 Å². The molecule has 0 aliphatic carbocycles. The number of hydrogen-bond donors (Lipinski definition) is 1. The number of benzene rings is 3. The molecule has 7 nitrogen and oxygen atoms in total. The number of aromatic nitrogens is 2. The average Bonchev–Trinajstić information content (AvgIpc) is 2.87. The van der Waals surface area contributed by atoms with E-state index in [2.05, 4.69) is 5.32 Å². The predicted molar refractivity (Wildman–Crippen MR) is 134 cm³/mol. The first-order chi connectivity index (χ1) is 17.0. The van der Waals surface area contributed by atoms with Crippen LogP contribution in [0.15, 0.2) is 76.7 Å². The van der Waals surface area contributed by atoms with Crippen molar-refractivity contribution in [2.24, 2.45) is 0 Å². The quantitative estimate of drug-likeness (QED) is 0.214. The summed E-state index contributed by atoms with van der Waals surface area (Å²) in [5.41, 5.74) is 1.85. The topological polar surface area (TPSA) is 82.5 Å². The van der Waals surface area contributed by atoms with Gasteiger partial charge in [0.25, 0.3) is 11.5 Å². The van der Waals surface area contributed by atoms with Crippen LogP contribution >= 0.6 is 11.8 Å². The number of hydrogen-bond acceptors (Lipinski definition) is 6. The second-order valence-electron chi connectivity index (χ2n) is 7.64. The van der Waals surface area contributed by atoms with E-state index in [1.54, 1.807) is 62.8 Å². The zero-order valence-electron chi connectivity index (χ0n) is 19.3. The van der Waals surface area contributed by atoms with Crippen LogP contribution in [-0.4, -0.2) is 42.8 Å². The monoisotopic (exact) mass is 493 g/mol. The molecule has 1 aromatic heterocycles. The van der Waals surface area contributed by atoms with Crippen LogP contribution in [-0.2, 0) is 10.5 Å². The maximum Gasteiger partial charge on any atom is 0.266 e. The molecule has 1 amide bonds. The van der Waals surface area contributed by atoms with E-state index in [0.717, 1.165) is 5.56 Å². The molecule has 180 valence electrons. The highest BCUT2D eigenvalue weighted by atomic mass is 32.2. The highest BCUT2D eigenvalue weighted by Crippen LogP contribution is 2.26. The minimum Gasteiger partial charge on any atom is -0.497 e. The lowest BCUT2D eigenvalue weighted by Crippen LogP contribution is -2.27. The highest BCUT2D eigenvalue weighted by molar-refractivity contribution is 7.98. The third kappa shape index (κ3) is 5.70. The fraction of sp³-hybridized carbons (Fsp3) is 0.192. The molecule has 0 bridgehead atoms. The SMILES string of the molecule is COCCNC(=O)c1ccc2c(=O)n(-c3cccc(OC)c3)c(SCc3cccc(F)c3)nc2c1. The molecular formula is C26H24FN3O4S. The summed E-state index contributed by atoms with van der Waals surface area (Å²) in [6.45, 7) is 0.761. The Morgan fingerprint density at radius 2 is 1.91 bits per heavy atom. The maximum absolute atomic E-state index is 13.7. The fourth-order valence-corrected chi connectivity index (χ4v) is 4.48. The number of carbonyl (C=O) groups excluding carboxylic acids is 1. The third-order valence-electron chi connectivity index (χ3n) is 5.26. The van der Waals surface area contributed by atoms with Gasteiger partial charge in [-0.2, -0.15) is 0 Å². The smallest absolute Gasteiger partial charge is 0.266 e. The summed E-state index contributed by atoms with van der Waals surface area (Å²) in [6.07, 6.45) is 0. The molecule has 0 aliphatic rings. The minimum atomic E-state index is -0.330.